The second kappa shape index (κ2) is 24.3. The summed E-state index contributed by atoms with van der Waals surface area (Å²) in [7, 11) is -2.10. The van der Waals surface area contributed by atoms with Crippen molar-refractivity contribution >= 4 is 97.1 Å². The van der Waals surface area contributed by atoms with Crippen LogP contribution in [-0.2, 0) is 64.5 Å². The number of aromatic nitrogens is 2. The highest BCUT2D eigenvalue weighted by Gasteiger charge is 2.42. The fourth-order valence-corrected chi connectivity index (χ4v) is 13.7. The van der Waals surface area contributed by atoms with Crippen molar-refractivity contribution in [2.45, 2.75) is 100 Å². The van der Waals surface area contributed by atoms with E-state index < -0.39 is 79.9 Å². The number of aryl methyl sites for hydroxylation is 1. The second-order valence-corrected chi connectivity index (χ2v) is 25.8. The number of nitrogens with one attached hydrogen (secondary N) is 6. The highest BCUT2D eigenvalue weighted by Crippen LogP contribution is 2.45. The van der Waals surface area contributed by atoms with Gasteiger partial charge in [0, 0.05) is 160 Å². The number of anilines is 2. The van der Waals surface area contributed by atoms with Crippen LogP contribution in [0.15, 0.2) is 41.3 Å². The topological polar surface area (TPSA) is 345 Å². The Bertz CT molecular complexity index is 3520. The van der Waals surface area contributed by atoms with Gasteiger partial charge >= 0.3 is 5.97 Å². The van der Waals surface area contributed by atoms with Crippen molar-refractivity contribution in [2.75, 3.05) is 74.6 Å². The molecule has 0 spiro atoms. The monoisotopic (exact) mass is 1180 g/mol. The molecule has 7 heterocycles. The quantitative estimate of drug-likeness (QED) is 0.0376. The molecule has 0 radical (unpaired) electrons. The Morgan fingerprint density at radius 3 is 2.35 bits per heavy atom. The number of fused-ring (bicyclic) bond motifs is 3. The number of hydrogen-bond donors (Lipinski definition) is 8. The van der Waals surface area contributed by atoms with Crippen molar-refractivity contribution < 1.29 is 56.7 Å². The number of hydrogen-bond acceptors (Lipinski definition) is 17. The first-order chi connectivity index (χ1) is 39.6. The van der Waals surface area contributed by atoms with Crippen LogP contribution in [0.2, 0.25) is 0 Å². The van der Waals surface area contributed by atoms with Gasteiger partial charge in [0.05, 0.1) is 11.0 Å². The third-order valence-corrected chi connectivity index (χ3v) is 18.4. The standard InChI is InChI=1S/C56H68N12O13S2/c1-64-25-37-35-21-31(29-83(2,80)81)34(50(72)59-14-4-17-65-18-11-32(12-19-65)61-40-6-3-5-33-36(40)27-68(53(33)75)41-9-10-45(70)62-51(41)73)22-42(35)66(24-30-7-8-30)26-38-47(37)49(55(64)77)63-48(38)52(74)60-16-15-58-44(69)13-20-67-46(71)23-43(54(67)76)82-28-39(57)56(78)79/h3,5-6,21-22,25,30,32,39,41,43,61,63H,4,7-20,23-24,26-29,57H2,1-2H3,(H,58,69)(H,59,72)(H,60,74)(H,78,79)(H,62,70,73)/t39-,41?,43?/m0/s1. The Kier molecular flexibility index (Phi) is 17.1. The van der Waals surface area contributed by atoms with Crippen LogP contribution in [0.5, 0.6) is 0 Å². The Balaban J connectivity index is 0.769. The average Bonchev–Trinajstić information content (AvgIpc) is 2.19. The zero-order valence-electron chi connectivity index (χ0n) is 46.2. The number of benzene rings is 2. The van der Waals surface area contributed by atoms with Crippen LogP contribution in [0.1, 0.15) is 106 Å². The van der Waals surface area contributed by atoms with E-state index in [9.17, 15) is 56.4 Å². The molecule has 2 aromatic carbocycles. The highest BCUT2D eigenvalue weighted by molar-refractivity contribution is 8.00. The fourth-order valence-electron chi connectivity index (χ4n) is 11.7. The molecule has 25 nitrogen and oxygen atoms in total. The summed E-state index contributed by atoms with van der Waals surface area (Å²) in [5, 5.41) is 23.3. The molecular weight excluding hydrogens is 1110 g/mol. The number of nitrogens with zero attached hydrogens (tertiary/aromatic N) is 5. The van der Waals surface area contributed by atoms with Crippen molar-refractivity contribution in [3.63, 3.8) is 0 Å². The van der Waals surface area contributed by atoms with E-state index >= 15 is 0 Å². The Labute approximate surface area is 482 Å². The molecular formula is C56H68N12O13S2. The largest absolute Gasteiger partial charge is 0.480 e. The van der Waals surface area contributed by atoms with Crippen LogP contribution in [0.3, 0.4) is 0 Å². The van der Waals surface area contributed by atoms with Gasteiger partial charge in [-0.15, -0.1) is 11.8 Å². The number of H-pyrrole nitrogens is 1. The molecule has 8 amide bonds. The maximum Gasteiger partial charge on any atom is 0.321 e. The van der Waals surface area contributed by atoms with Crippen LogP contribution >= 0.6 is 11.8 Å². The Morgan fingerprint density at radius 2 is 1.63 bits per heavy atom. The zero-order valence-corrected chi connectivity index (χ0v) is 47.8. The van der Waals surface area contributed by atoms with Gasteiger partial charge in [-0.3, -0.25) is 58.2 Å². The number of piperidine rings is 2. The molecule has 2 aromatic heterocycles. The first kappa shape index (κ1) is 58.6. The minimum absolute atomic E-state index is 0.00930. The number of carboxylic acid groups (broad SMARTS) is 1. The molecule has 27 heteroatoms. The van der Waals surface area contributed by atoms with Gasteiger partial charge < -0.3 is 56.4 Å². The Morgan fingerprint density at radius 1 is 0.880 bits per heavy atom. The normalized spacial score (nSPS) is 19.6. The number of aliphatic carboxylic acids is 1. The molecule has 83 heavy (non-hydrogen) atoms. The number of thioether (sulfide) groups is 1. The molecule has 4 aromatic rings. The Hall–Kier alpha value is -7.62. The number of carbonyl (C=O) groups is 9. The number of amides is 8. The van der Waals surface area contributed by atoms with Gasteiger partial charge in [-0.05, 0) is 80.8 Å². The lowest BCUT2D eigenvalue weighted by Crippen LogP contribution is -2.52. The second-order valence-electron chi connectivity index (χ2n) is 22.4. The summed E-state index contributed by atoms with van der Waals surface area (Å²) in [5.74, 6) is -4.89. The minimum Gasteiger partial charge on any atom is -0.480 e. The number of nitrogens with two attached hydrogens (primary N) is 1. The van der Waals surface area contributed by atoms with E-state index in [0.717, 1.165) is 72.9 Å². The van der Waals surface area contributed by atoms with E-state index in [1.165, 1.54) is 4.57 Å². The third kappa shape index (κ3) is 13.0. The molecule has 6 aliphatic rings. The average molecular weight is 1180 g/mol. The van der Waals surface area contributed by atoms with E-state index in [-0.39, 0.29) is 104 Å². The van der Waals surface area contributed by atoms with Crippen LogP contribution in [-0.4, -0.2) is 179 Å². The molecule has 5 aliphatic heterocycles. The molecule has 2 unspecified atom stereocenters. The van der Waals surface area contributed by atoms with Crippen LogP contribution in [0, 0.1) is 5.92 Å². The zero-order chi connectivity index (χ0) is 59.0. The maximum atomic E-state index is 14.4. The fraction of sp³-hybridized carbons (Fsp3) is 0.500. The van der Waals surface area contributed by atoms with Crippen LogP contribution in [0.25, 0.3) is 22.0 Å². The SMILES string of the molecule is Cn1cc2c3c(c(C(=O)NCCNC(=O)CCN4C(=O)CC(SC[C@H](N)C(=O)O)C4=O)[nH]c3c1=O)CN(CC1CC1)c1cc(C(=O)NCCCN3CCC(Nc4cccc5c4CN(C4CCC(=O)NC4=O)C5=O)CC3)c(CS(C)(=O)=O)cc1-2. The van der Waals surface area contributed by atoms with Crippen molar-refractivity contribution in [2.24, 2.45) is 18.7 Å². The van der Waals surface area contributed by atoms with Crippen molar-refractivity contribution in [1.82, 2.24) is 45.5 Å². The van der Waals surface area contributed by atoms with Gasteiger partial charge in [0.25, 0.3) is 23.3 Å². The summed E-state index contributed by atoms with van der Waals surface area (Å²) in [6.45, 7) is 3.38. The smallest absolute Gasteiger partial charge is 0.321 e. The molecule has 0 bridgehead atoms. The highest BCUT2D eigenvalue weighted by atomic mass is 32.2. The molecule has 1 aliphatic carbocycles. The molecule has 9 N–H and O–H groups in total. The molecule has 3 atom stereocenters. The van der Waals surface area contributed by atoms with Gasteiger partial charge in [0.15, 0.2) is 9.84 Å². The molecule has 4 fully saturated rings. The van der Waals surface area contributed by atoms with Crippen molar-refractivity contribution in [3.05, 3.63) is 80.4 Å². The van der Waals surface area contributed by atoms with E-state index in [4.69, 9.17) is 10.8 Å². The summed E-state index contributed by atoms with van der Waals surface area (Å²) in [6, 6.07) is 7.24. The minimum atomic E-state index is -3.68. The first-order valence-corrected chi connectivity index (χ1v) is 31.1. The lowest BCUT2D eigenvalue weighted by Gasteiger charge is -2.33. The van der Waals surface area contributed by atoms with E-state index in [2.05, 4.69) is 41.4 Å². The van der Waals surface area contributed by atoms with Gasteiger partial charge in [-0.1, -0.05) is 6.07 Å². The van der Waals surface area contributed by atoms with Gasteiger partial charge in [-0.2, -0.15) is 0 Å². The summed E-state index contributed by atoms with van der Waals surface area (Å²) >= 11 is 0.981. The summed E-state index contributed by atoms with van der Waals surface area (Å²) in [4.78, 5) is 140. The molecule has 1 saturated carbocycles. The first-order valence-electron chi connectivity index (χ1n) is 28.0. The number of carbonyl (C=O) groups excluding carboxylic acids is 8. The summed E-state index contributed by atoms with van der Waals surface area (Å²) in [5.41, 5.74) is 10.5. The van der Waals surface area contributed by atoms with E-state index in [0.29, 0.717) is 65.3 Å². The van der Waals surface area contributed by atoms with Crippen LogP contribution in [0.4, 0.5) is 11.4 Å². The predicted octanol–water partition coefficient (Wildman–Crippen LogP) is 0.774. The third-order valence-electron chi connectivity index (χ3n) is 16.3. The maximum absolute atomic E-state index is 14.4. The number of likely N-dealkylation sites (tertiary alicyclic amines) is 2. The molecule has 10 rings (SSSR count). The summed E-state index contributed by atoms with van der Waals surface area (Å²) in [6.07, 6.45) is 7.11. The number of rotatable bonds is 23. The van der Waals surface area contributed by atoms with Gasteiger partial charge in [0.2, 0.25) is 29.5 Å². The number of aromatic amines is 1. The van der Waals surface area contributed by atoms with Crippen molar-refractivity contribution in [3.8, 4) is 11.1 Å². The van der Waals surface area contributed by atoms with Gasteiger partial charge in [0.1, 0.15) is 23.3 Å². The van der Waals surface area contributed by atoms with E-state index in [1.54, 1.807) is 36.3 Å². The number of imide groups is 2. The summed E-state index contributed by atoms with van der Waals surface area (Å²) < 4.78 is 27.5. The number of sulfone groups is 1. The number of pyridine rings is 1. The predicted molar refractivity (Wildman–Crippen MR) is 307 cm³/mol. The van der Waals surface area contributed by atoms with E-state index in [1.807, 2.05) is 12.1 Å². The number of carboxylic acids is 1. The molecule has 3 saturated heterocycles. The lowest BCUT2D eigenvalue weighted by atomic mass is 9.95. The van der Waals surface area contributed by atoms with Crippen LogP contribution < -0.4 is 42.8 Å². The van der Waals surface area contributed by atoms with Crippen molar-refractivity contribution in [1.29, 1.82) is 0 Å². The van der Waals surface area contributed by atoms with Gasteiger partial charge in [-0.25, -0.2) is 8.42 Å². The molecule has 442 valence electrons. The lowest BCUT2D eigenvalue weighted by molar-refractivity contribution is -0.140.